The zero-order chi connectivity index (χ0) is 25.8. The van der Waals surface area contributed by atoms with Crippen molar-refractivity contribution in [1.82, 2.24) is 9.88 Å². The Morgan fingerprint density at radius 2 is 1.81 bits per heavy atom. The molecule has 2 atom stereocenters. The van der Waals surface area contributed by atoms with Gasteiger partial charge in [-0.25, -0.2) is 4.98 Å². The zero-order valence-corrected chi connectivity index (χ0v) is 23.5. The van der Waals surface area contributed by atoms with Crippen molar-refractivity contribution >= 4 is 46.8 Å². The molecule has 0 saturated carbocycles. The summed E-state index contributed by atoms with van der Waals surface area (Å²) in [6.45, 7) is 14.0. The maximum atomic E-state index is 13.3. The van der Waals surface area contributed by atoms with Crippen molar-refractivity contribution in [3.05, 3.63) is 53.1 Å². The lowest BCUT2D eigenvalue weighted by molar-refractivity contribution is 0.0565. The highest BCUT2D eigenvalue weighted by Crippen LogP contribution is 2.39. The van der Waals surface area contributed by atoms with Gasteiger partial charge in [0, 0.05) is 12.0 Å². The number of benzene rings is 2. The van der Waals surface area contributed by atoms with Crippen LogP contribution in [0.4, 0.5) is 5.13 Å². The van der Waals surface area contributed by atoms with Crippen LogP contribution in [0.25, 0.3) is 10.2 Å². The molecule has 0 saturated heterocycles. The molecule has 2 amide bonds. The van der Waals surface area contributed by atoms with Crippen LogP contribution in [0.2, 0.25) is 18.1 Å². The minimum atomic E-state index is -2.08. The smallest absolute Gasteiger partial charge is 0.261 e. The van der Waals surface area contributed by atoms with Crippen molar-refractivity contribution in [1.29, 1.82) is 0 Å². The SMILES string of the molecule is C[C@H]([C@@H](CO[Si](C)(C)C(C)(C)C)Nc1nc2c3c(ccc2s1)OCC3)N1C(=O)c2ccccc2C1=O. The molecule has 0 fully saturated rings. The highest BCUT2D eigenvalue weighted by Gasteiger charge is 2.43. The molecule has 0 bridgehead atoms. The Labute approximate surface area is 216 Å². The van der Waals surface area contributed by atoms with Crippen LogP contribution < -0.4 is 10.1 Å². The number of amides is 2. The van der Waals surface area contributed by atoms with Gasteiger partial charge in [0.1, 0.15) is 5.75 Å². The van der Waals surface area contributed by atoms with Crippen LogP contribution in [0.3, 0.4) is 0 Å². The molecule has 3 heterocycles. The monoisotopic (exact) mass is 523 g/mol. The van der Waals surface area contributed by atoms with Gasteiger partial charge >= 0.3 is 0 Å². The molecule has 36 heavy (non-hydrogen) atoms. The molecule has 0 spiro atoms. The molecule has 190 valence electrons. The molecule has 7 nitrogen and oxygen atoms in total. The lowest BCUT2D eigenvalue weighted by atomic mass is 10.1. The molecular weight excluding hydrogens is 490 g/mol. The highest BCUT2D eigenvalue weighted by molar-refractivity contribution is 7.22. The maximum Gasteiger partial charge on any atom is 0.261 e. The number of ether oxygens (including phenoxy) is 1. The van der Waals surface area contributed by atoms with Gasteiger partial charge in [0.05, 0.1) is 46.6 Å². The Balaban J connectivity index is 1.45. The third kappa shape index (κ3) is 4.23. The van der Waals surface area contributed by atoms with E-state index in [1.807, 2.05) is 19.1 Å². The van der Waals surface area contributed by atoms with Gasteiger partial charge in [-0.05, 0) is 49.3 Å². The second kappa shape index (κ2) is 8.97. The van der Waals surface area contributed by atoms with Crippen LogP contribution >= 0.6 is 11.3 Å². The van der Waals surface area contributed by atoms with Gasteiger partial charge in [0.25, 0.3) is 11.8 Å². The lowest BCUT2D eigenvalue weighted by Gasteiger charge is -2.39. The fraction of sp³-hybridized carbons (Fsp3) is 0.444. The maximum absolute atomic E-state index is 13.3. The number of anilines is 1. The van der Waals surface area contributed by atoms with E-state index in [-0.39, 0.29) is 22.9 Å². The van der Waals surface area contributed by atoms with Crippen LogP contribution in [0.1, 0.15) is 54.0 Å². The summed E-state index contributed by atoms with van der Waals surface area (Å²) >= 11 is 1.57. The quantitative estimate of drug-likeness (QED) is 0.315. The lowest BCUT2D eigenvalue weighted by Crippen LogP contribution is -2.52. The first-order valence-electron chi connectivity index (χ1n) is 12.4. The van der Waals surface area contributed by atoms with Crippen molar-refractivity contribution in [3.8, 4) is 5.75 Å². The summed E-state index contributed by atoms with van der Waals surface area (Å²) in [7, 11) is -2.08. The normalized spacial score (nSPS) is 17.2. The molecule has 1 N–H and O–H groups in total. The van der Waals surface area contributed by atoms with E-state index in [0.717, 1.165) is 33.1 Å². The average molecular weight is 524 g/mol. The number of aromatic nitrogens is 1. The summed E-state index contributed by atoms with van der Waals surface area (Å²) in [6.07, 6.45) is 0.846. The van der Waals surface area contributed by atoms with E-state index < -0.39 is 14.4 Å². The second-order valence-electron chi connectivity index (χ2n) is 11.1. The first-order chi connectivity index (χ1) is 17.0. The number of thiazole rings is 1. The first-order valence-corrected chi connectivity index (χ1v) is 16.1. The van der Waals surface area contributed by atoms with Crippen molar-refractivity contribution < 1.29 is 18.8 Å². The molecule has 2 aromatic carbocycles. The molecule has 9 heteroatoms. The number of nitrogens with zero attached hydrogens (tertiary/aromatic N) is 2. The molecule has 1 aromatic heterocycles. The van der Waals surface area contributed by atoms with Gasteiger partial charge in [0.15, 0.2) is 13.4 Å². The minimum absolute atomic E-state index is 0.0344. The number of nitrogens with one attached hydrogen (secondary N) is 1. The molecule has 0 unspecified atom stereocenters. The Kier molecular flexibility index (Phi) is 6.21. The number of imide groups is 1. The van der Waals surface area contributed by atoms with Gasteiger partial charge in [0.2, 0.25) is 0 Å². The van der Waals surface area contributed by atoms with E-state index in [1.165, 1.54) is 4.90 Å². The number of hydrogen-bond donors (Lipinski definition) is 1. The highest BCUT2D eigenvalue weighted by atomic mass is 32.1. The number of fused-ring (bicyclic) bond motifs is 4. The summed E-state index contributed by atoms with van der Waals surface area (Å²) in [5, 5.41) is 4.33. The Morgan fingerprint density at radius 3 is 2.44 bits per heavy atom. The van der Waals surface area contributed by atoms with Crippen molar-refractivity contribution in [2.24, 2.45) is 0 Å². The fourth-order valence-electron chi connectivity index (χ4n) is 4.46. The van der Waals surface area contributed by atoms with E-state index in [9.17, 15) is 9.59 Å². The molecule has 0 radical (unpaired) electrons. The van der Waals surface area contributed by atoms with Gasteiger partial charge in [-0.1, -0.05) is 44.2 Å². The Bertz CT molecular complexity index is 1310. The molecule has 2 aliphatic heterocycles. The summed E-state index contributed by atoms with van der Waals surface area (Å²) in [5.74, 6) is 0.375. The van der Waals surface area contributed by atoms with E-state index >= 15 is 0 Å². The average Bonchev–Trinajstić information content (AvgIpc) is 3.52. The van der Waals surface area contributed by atoms with Gasteiger partial charge < -0.3 is 14.5 Å². The van der Waals surface area contributed by atoms with Crippen molar-refractivity contribution in [3.63, 3.8) is 0 Å². The van der Waals surface area contributed by atoms with Crippen LogP contribution in [0.5, 0.6) is 5.75 Å². The first kappa shape index (κ1) is 24.9. The third-order valence-electron chi connectivity index (χ3n) is 7.79. The van der Waals surface area contributed by atoms with Crippen LogP contribution in [0.15, 0.2) is 36.4 Å². The van der Waals surface area contributed by atoms with Crippen molar-refractivity contribution in [2.75, 3.05) is 18.5 Å². The van der Waals surface area contributed by atoms with Crippen molar-refractivity contribution in [2.45, 2.75) is 64.3 Å². The molecule has 2 aliphatic rings. The number of carbonyl (C=O) groups excluding carboxylic acids is 2. The fourth-order valence-corrected chi connectivity index (χ4v) is 6.45. The Hall–Kier alpha value is -2.75. The summed E-state index contributed by atoms with van der Waals surface area (Å²) in [4.78, 5) is 32.8. The van der Waals surface area contributed by atoms with Crippen LogP contribution in [0, 0.1) is 0 Å². The van der Waals surface area contributed by atoms with E-state index in [0.29, 0.717) is 24.3 Å². The standard InChI is InChI=1S/C27H33N3O4SSi/c1-16(30-24(31)17-9-7-8-10-18(17)25(30)32)20(15-34-36(5,6)27(2,3)4)28-26-29-23-19-13-14-33-21(19)11-12-22(23)35-26/h7-12,16,20H,13-15H2,1-6H3,(H,28,29)/t16-,20-/m1/s1. The minimum Gasteiger partial charge on any atom is -0.493 e. The predicted octanol–water partition coefficient (Wildman–Crippen LogP) is 5.72. The number of hydrogen-bond acceptors (Lipinski definition) is 7. The topological polar surface area (TPSA) is 80.8 Å². The summed E-state index contributed by atoms with van der Waals surface area (Å²) < 4.78 is 13.4. The molecular formula is C27H33N3O4SSi. The Morgan fingerprint density at radius 1 is 1.14 bits per heavy atom. The van der Waals surface area contributed by atoms with Crippen LogP contribution in [-0.2, 0) is 10.8 Å². The van der Waals surface area contributed by atoms with Gasteiger partial charge in [-0.2, -0.15) is 0 Å². The van der Waals surface area contributed by atoms with Gasteiger partial charge in [-0.3, -0.25) is 14.5 Å². The van der Waals surface area contributed by atoms with Gasteiger partial charge in [-0.15, -0.1) is 0 Å². The molecule has 5 rings (SSSR count). The van der Waals surface area contributed by atoms with E-state index in [1.54, 1.807) is 35.6 Å². The predicted molar refractivity (Wildman–Crippen MR) is 146 cm³/mol. The molecule has 3 aromatic rings. The second-order valence-corrected chi connectivity index (χ2v) is 16.9. The number of rotatable bonds is 7. The van der Waals surface area contributed by atoms with Crippen LogP contribution in [-0.4, -0.2) is 55.3 Å². The van der Waals surface area contributed by atoms with E-state index in [2.05, 4.69) is 39.2 Å². The molecule has 0 aliphatic carbocycles. The summed E-state index contributed by atoms with van der Waals surface area (Å²) in [5.41, 5.74) is 3.00. The number of carbonyl (C=O) groups is 2. The largest absolute Gasteiger partial charge is 0.493 e. The summed E-state index contributed by atoms with van der Waals surface area (Å²) in [6, 6.07) is 10.3. The van der Waals surface area contributed by atoms with E-state index in [4.69, 9.17) is 14.1 Å². The third-order valence-corrected chi connectivity index (χ3v) is 13.2. The zero-order valence-electron chi connectivity index (χ0n) is 21.7.